The summed E-state index contributed by atoms with van der Waals surface area (Å²) < 4.78 is 6.97. The lowest BCUT2D eigenvalue weighted by Crippen LogP contribution is -2.46. The highest BCUT2D eigenvalue weighted by Gasteiger charge is 2.44. The van der Waals surface area contributed by atoms with Crippen LogP contribution in [0.3, 0.4) is 0 Å². The van der Waals surface area contributed by atoms with Crippen molar-refractivity contribution < 1.29 is 14.0 Å². The number of aryl methyl sites for hydroxylation is 1. The van der Waals surface area contributed by atoms with Crippen molar-refractivity contribution in [2.24, 2.45) is 0 Å². The zero-order valence-corrected chi connectivity index (χ0v) is 15.7. The number of amides is 2. The van der Waals surface area contributed by atoms with Crippen LogP contribution in [0.25, 0.3) is 0 Å². The highest BCUT2D eigenvalue weighted by atomic mass is 35.5. The number of imidazole rings is 1. The number of hydrogen-bond acceptors (Lipinski definition) is 4. The SMILES string of the molecule is CCc1nccn1C(C)CC(=O)NCC1(NC(=O)c2ccoc2Cl)CC1. The molecule has 2 N–H and O–H groups in total. The third-order valence-electron chi connectivity index (χ3n) is 4.74. The van der Waals surface area contributed by atoms with Crippen molar-refractivity contribution in [3.63, 3.8) is 0 Å². The maximum atomic E-state index is 12.3. The van der Waals surface area contributed by atoms with Gasteiger partial charge >= 0.3 is 0 Å². The number of hydrogen-bond donors (Lipinski definition) is 2. The molecule has 2 amide bonds. The smallest absolute Gasteiger partial charge is 0.256 e. The Bertz CT molecular complexity index is 794. The van der Waals surface area contributed by atoms with Crippen LogP contribution in [0.4, 0.5) is 0 Å². The lowest BCUT2D eigenvalue weighted by molar-refractivity contribution is -0.121. The van der Waals surface area contributed by atoms with E-state index < -0.39 is 0 Å². The molecule has 1 fully saturated rings. The monoisotopic (exact) mass is 378 g/mol. The Labute approximate surface area is 157 Å². The summed E-state index contributed by atoms with van der Waals surface area (Å²) in [5, 5.41) is 5.96. The first kappa shape index (κ1) is 18.5. The predicted octanol–water partition coefficient (Wildman–Crippen LogP) is 2.72. The molecule has 140 valence electrons. The number of furan rings is 1. The Morgan fingerprint density at radius 2 is 2.23 bits per heavy atom. The van der Waals surface area contributed by atoms with E-state index in [1.54, 1.807) is 6.20 Å². The van der Waals surface area contributed by atoms with E-state index in [1.807, 2.05) is 24.6 Å². The summed E-state index contributed by atoms with van der Waals surface area (Å²) in [6.07, 6.45) is 7.86. The molecule has 3 rings (SSSR count). The van der Waals surface area contributed by atoms with Gasteiger partial charge in [-0.3, -0.25) is 9.59 Å². The molecule has 7 nitrogen and oxygen atoms in total. The molecule has 1 saturated carbocycles. The van der Waals surface area contributed by atoms with Crippen molar-refractivity contribution in [3.05, 3.63) is 41.3 Å². The van der Waals surface area contributed by atoms with Gasteiger partial charge in [0.25, 0.3) is 5.91 Å². The minimum Gasteiger partial charge on any atom is -0.452 e. The van der Waals surface area contributed by atoms with Crippen LogP contribution in [-0.2, 0) is 11.2 Å². The molecule has 0 aliphatic heterocycles. The van der Waals surface area contributed by atoms with Crippen LogP contribution >= 0.6 is 11.6 Å². The van der Waals surface area contributed by atoms with Gasteiger partial charge in [-0.05, 0) is 37.4 Å². The summed E-state index contributed by atoms with van der Waals surface area (Å²) in [7, 11) is 0. The topological polar surface area (TPSA) is 89.2 Å². The Balaban J connectivity index is 1.49. The van der Waals surface area contributed by atoms with Gasteiger partial charge in [-0.15, -0.1) is 0 Å². The van der Waals surface area contributed by atoms with Gasteiger partial charge in [0.15, 0.2) is 0 Å². The van der Waals surface area contributed by atoms with Gasteiger partial charge in [0.1, 0.15) is 5.82 Å². The predicted molar refractivity (Wildman–Crippen MR) is 97.1 cm³/mol. The molecule has 0 bridgehead atoms. The van der Waals surface area contributed by atoms with Gasteiger partial charge in [-0.25, -0.2) is 4.98 Å². The third-order valence-corrected chi connectivity index (χ3v) is 5.03. The van der Waals surface area contributed by atoms with Crippen LogP contribution in [0.5, 0.6) is 0 Å². The molecule has 1 aliphatic carbocycles. The van der Waals surface area contributed by atoms with E-state index in [0.29, 0.717) is 18.5 Å². The first-order valence-corrected chi connectivity index (χ1v) is 9.16. The Hall–Kier alpha value is -2.28. The Morgan fingerprint density at radius 1 is 1.46 bits per heavy atom. The Kier molecular flexibility index (Phi) is 5.36. The van der Waals surface area contributed by atoms with Crippen LogP contribution in [-0.4, -0.2) is 33.4 Å². The molecule has 0 radical (unpaired) electrons. The highest BCUT2D eigenvalue weighted by Crippen LogP contribution is 2.35. The highest BCUT2D eigenvalue weighted by molar-refractivity contribution is 6.32. The van der Waals surface area contributed by atoms with Crippen molar-refractivity contribution in [2.45, 2.75) is 51.1 Å². The number of nitrogens with zero attached hydrogens (tertiary/aromatic N) is 2. The van der Waals surface area contributed by atoms with Crippen LogP contribution in [0.15, 0.2) is 29.1 Å². The molecule has 0 aromatic carbocycles. The number of carbonyl (C=O) groups excluding carboxylic acids is 2. The maximum absolute atomic E-state index is 12.3. The Morgan fingerprint density at radius 3 is 2.85 bits per heavy atom. The molecular weight excluding hydrogens is 356 g/mol. The normalized spacial score (nSPS) is 16.1. The fourth-order valence-electron chi connectivity index (χ4n) is 2.99. The summed E-state index contributed by atoms with van der Waals surface area (Å²) in [6, 6.07) is 1.56. The number of carbonyl (C=O) groups is 2. The van der Waals surface area contributed by atoms with E-state index in [9.17, 15) is 9.59 Å². The third kappa shape index (κ3) is 4.09. The number of rotatable bonds is 8. The van der Waals surface area contributed by atoms with E-state index >= 15 is 0 Å². The van der Waals surface area contributed by atoms with Crippen molar-refractivity contribution >= 4 is 23.4 Å². The van der Waals surface area contributed by atoms with Crippen LogP contribution in [0, 0.1) is 0 Å². The van der Waals surface area contributed by atoms with Crippen molar-refractivity contribution in [1.82, 2.24) is 20.2 Å². The number of aromatic nitrogens is 2. The molecule has 8 heteroatoms. The molecular formula is C18H23ClN4O3. The lowest BCUT2D eigenvalue weighted by Gasteiger charge is -2.20. The van der Waals surface area contributed by atoms with Crippen LogP contribution in [0.2, 0.25) is 5.22 Å². The van der Waals surface area contributed by atoms with E-state index in [2.05, 4.69) is 15.6 Å². The molecule has 2 aromatic heterocycles. The quantitative estimate of drug-likeness (QED) is 0.739. The van der Waals surface area contributed by atoms with Gasteiger partial charge in [-0.1, -0.05) is 6.92 Å². The van der Waals surface area contributed by atoms with E-state index in [-0.39, 0.29) is 28.6 Å². The fraction of sp³-hybridized carbons (Fsp3) is 0.500. The van der Waals surface area contributed by atoms with Gasteiger partial charge in [-0.2, -0.15) is 0 Å². The number of nitrogens with one attached hydrogen (secondary N) is 2. The zero-order chi connectivity index (χ0) is 18.7. The van der Waals surface area contributed by atoms with Gasteiger partial charge in [0.05, 0.1) is 17.4 Å². The summed E-state index contributed by atoms with van der Waals surface area (Å²) in [5.41, 5.74) is -0.0785. The van der Waals surface area contributed by atoms with Crippen molar-refractivity contribution in [1.29, 1.82) is 0 Å². The average molecular weight is 379 g/mol. The maximum Gasteiger partial charge on any atom is 0.256 e. The van der Waals surface area contributed by atoms with Crippen molar-refractivity contribution in [3.8, 4) is 0 Å². The lowest BCUT2D eigenvalue weighted by atomic mass is 10.2. The molecule has 0 spiro atoms. The zero-order valence-electron chi connectivity index (χ0n) is 14.9. The van der Waals surface area contributed by atoms with E-state index in [0.717, 1.165) is 25.1 Å². The molecule has 1 aliphatic rings. The largest absolute Gasteiger partial charge is 0.452 e. The minimum absolute atomic E-state index is 0.0296. The van der Waals surface area contributed by atoms with Crippen LogP contribution in [0.1, 0.15) is 55.3 Å². The molecule has 0 saturated heterocycles. The first-order chi connectivity index (χ1) is 12.4. The number of halogens is 1. The summed E-state index contributed by atoms with van der Waals surface area (Å²) in [4.78, 5) is 28.8. The fourth-order valence-corrected chi connectivity index (χ4v) is 3.19. The minimum atomic E-state index is -0.389. The van der Waals surface area contributed by atoms with Gasteiger partial charge in [0.2, 0.25) is 11.1 Å². The molecule has 1 unspecified atom stereocenters. The standard InChI is InChI=1S/C18H23ClN4O3/c1-3-14-20-7-8-23(14)12(2)10-15(24)21-11-18(5-6-18)22-17(25)13-4-9-26-16(13)19/h4,7-9,12H,3,5-6,10-11H2,1-2H3,(H,21,24)(H,22,25). The van der Waals surface area contributed by atoms with E-state index in [1.165, 1.54) is 12.3 Å². The second-order valence-corrected chi connectivity index (χ2v) is 7.12. The van der Waals surface area contributed by atoms with E-state index in [4.69, 9.17) is 16.0 Å². The molecule has 2 aromatic rings. The summed E-state index contributed by atoms with van der Waals surface area (Å²) in [5.74, 6) is 0.637. The molecule has 2 heterocycles. The van der Waals surface area contributed by atoms with Crippen molar-refractivity contribution in [2.75, 3.05) is 6.54 Å². The molecule has 1 atom stereocenters. The van der Waals surface area contributed by atoms with Crippen LogP contribution < -0.4 is 10.6 Å². The average Bonchev–Trinajstić information content (AvgIpc) is 3.01. The summed E-state index contributed by atoms with van der Waals surface area (Å²) in [6.45, 7) is 4.44. The second-order valence-electron chi connectivity index (χ2n) is 6.78. The first-order valence-electron chi connectivity index (χ1n) is 8.78. The summed E-state index contributed by atoms with van der Waals surface area (Å²) >= 11 is 5.84. The van der Waals surface area contributed by atoms with Gasteiger partial charge < -0.3 is 19.6 Å². The van der Waals surface area contributed by atoms with Gasteiger partial charge in [0, 0.05) is 37.8 Å². The second kappa shape index (κ2) is 7.53. The molecule has 26 heavy (non-hydrogen) atoms.